The van der Waals surface area contributed by atoms with Gasteiger partial charge >= 0.3 is 12.1 Å². The molecular weight excluding hydrogens is 355 g/mol. The summed E-state index contributed by atoms with van der Waals surface area (Å²) in [6.45, 7) is 0. The highest BCUT2D eigenvalue weighted by molar-refractivity contribution is 6.43. The fourth-order valence-electron chi connectivity index (χ4n) is 1.70. The minimum Gasteiger partial charge on any atom is -0.464 e. The SMILES string of the molecule is COC(=O)/C(=N/OC(=O)Nc1ccc(Cl)c(Cl)c1)c1ccccc1. The van der Waals surface area contributed by atoms with Crippen molar-refractivity contribution in [3.8, 4) is 0 Å². The summed E-state index contributed by atoms with van der Waals surface area (Å²) in [6, 6.07) is 13.0. The molecule has 2 aromatic rings. The Balaban J connectivity index is 2.11. The Morgan fingerprint density at radius 2 is 1.75 bits per heavy atom. The van der Waals surface area contributed by atoms with Crippen LogP contribution >= 0.6 is 23.2 Å². The van der Waals surface area contributed by atoms with Gasteiger partial charge in [0.1, 0.15) is 0 Å². The maximum atomic E-state index is 11.8. The summed E-state index contributed by atoms with van der Waals surface area (Å²) >= 11 is 11.6. The number of anilines is 1. The molecule has 0 aliphatic rings. The van der Waals surface area contributed by atoms with E-state index < -0.39 is 12.1 Å². The van der Waals surface area contributed by atoms with Crippen molar-refractivity contribution >= 4 is 46.7 Å². The minimum atomic E-state index is -0.897. The zero-order valence-corrected chi connectivity index (χ0v) is 14.0. The molecule has 0 aliphatic carbocycles. The van der Waals surface area contributed by atoms with Crippen molar-refractivity contribution in [2.24, 2.45) is 5.16 Å². The lowest BCUT2D eigenvalue weighted by Crippen LogP contribution is -2.19. The van der Waals surface area contributed by atoms with Crippen LogP contribution in [0, 0.1) is 0 Å². The first-order valence-electron chi connectivity index (χ1n) is 6.66. The van der Waals surface area contributed by atoms with Crippen molar-refractivity contribution < 1.29 is 19.2 Å². The van der Waals surface area contributed by atoms with Crippen molar-refractivity contribution in [2.45, 2.75) is 0 Å². The highest BCUT2D eigenvalue weighted by Crippen LogP contribution is 2.25. The first kappa shape index (κ1) is 17.8. The Labute approximate surface area is 148 Å². The highest BCUT2D eigenvalue weighted by atomic mass is 35.5. The maximum absolute atomic E-state index is 11.8. The number of methoxy groups -OCH3 is 1. The molecule has 124 valence electrons. The van der Waals surface area contributed by atoms with E-state index in [1.807, 2.05) is 0 Å². The number of benzene rings is 2. The van der Waals surface area contributed by atoms with Crippen LogP contribution in [0.25, 0.3) is 0 Å². The second-order valence-corrected chi connectivity index (χ2v) is 5.24. The number of hydrogen-bond acceptors (Lipinski definition) is 5. The summed E-state index contributed by atoms with van der Waals surface area (Å²) in [5.41, 5.74) is 0.679. The molecule has 0 saturated heterocycles. The van der Waals surface area contributed by atoms with Gasteiger partial charge in [0, 0.05) is 11.3 Å². The first-order valence-corrected chi connectivity index (χ1v) is 7.41. The number of rotatable bonds is 4. The number of carbonyl (C=O) groups excluding carboxylic acids is 2. The van der Waals surface area contributed by atoms with Crippen LogP contribution in [0.15, 0.2) is 53.7 Å². The second kappa shape index (κ2) is 8.33. The van der Waals surface area contributed by atoms with Crippen LogP contribution in [0.1, 0.15) is 5.56 Å². The van der Waals surface area contributed by atoms with E-state index in [2.05, 4.69) is 15.2 Å². The third kappa shape index (κ3) is 4.71. The average molecular weight is 367 g/mol. The number of hydrogen-bond donors (Lipinski definition) is 1. The predicted molar refractivity (Wildman–Crippen MR) is 91.6 cm³/mol. The quantitative estimate of drug-likeness (QED) is 0.382. The molecule has 2 rings (SSSR count). The zero-order valence-electron chi connectivity index (χ0n) is 12.5. The maximum Gasteiger partial charge on any atom is 0.437 e. The largest absolute Gasteiger partial charge is 0.464 e. The molecule has 2 aromatic carbocycles. The molecule has 0 bridgehead atoms. The lowest BCUT2D eigenvalue weighted by molar-refractivity contribution is -0.132. The van der Waals surface area contributed by atoms with Gasteiger partial charge in [0.2, 0.25) is 0 Å². The lowest BCUT2D eigenvalue weighted by atomic mass is 10.1. The average Bonchev–Trinajstić information content (AvgIpc) is 2.59. The normalized spacial score (nSPS) is 10.9. The van der Waals surface area contributed by atoms with Gasteiger partial charge in [0.05, 0.1) is 17.2 Å². The van der Waals surface area contributed by atoms with Crippen molar-refractivity contribution in [3.63, 3.8) is 0 Å². The Morgan fingerprint density at radius 3 is 2.38 bits per heavy atom. The summed E-state index contributed by atoms with van der Waals surface area (Å²) in [5.74, 6) is -0.733. The van der Waals surface area contributed by atoms with E-state index in [9.17, 15) is 9.59 Å². The van der Waals surface area contributed by atoms with Crippen LogP contribution in [-0.2, 0) is 14.4 Å². The van der Waals surface area contributed by atoms with Crippen LogP contribution in [0.4, 0.5) is 10.5 Å². The molecule has 0 atom stereocenters. The van der Waals surface area contributed by atoms with Crippen molar-refractivity contribution in [3.05, 3.63) is 64.1 Å². The van der Waals surface area contributed by atoms with Gasteiger partial charge < -0.3 is 4.74 Å². The Hall–Kier alpha value is -2.57. The van der Waals surface area contributed by atoms with E-state index in [4.69, 9.17) is 28.0 Å². The summed E-state index contributed by atoms with van der Waals surface area (Å²) in [5, 5.41) is 6.61. The number of halogens is 2. The number of carbonyl (C=O) groups is 2. The fraction of sp³-hybridized carbons (Fsp3) is 0.0625. The van der Waals surface area contributed by atoms with Crippen LogP contribution in [-0.4, -0.2) is 24.9 Å². The van der Waals surface area contributed by atoms with Gasteiger partial charge in [0.15, 0.2) is 5.71 Å². The van der Waals surface area contributed by atoms with Crippen LogP contribution in [0.3, 0.4) is 0 Å². The molecule has 0 unspecified atom stereocenters. The van der Waals surface area contributed by atoms with Crippen molar-refractivity contribution in [1.82, 2.24) is 0 Å². The van der Waals surface area contributed by atoms with Gasteiger partial charge in [-0.05, 0) is 18.2 Å². The van der Waals surface area contributed by atoms with Crippen molar-refractivity contribution in [2.75, 3.05) is 12.4 Å². The van der Waals surface area contributed by atoms with Crippen LogP contribution < -0.4 is 5.32 Å². The molecule has 0 radical (unpaired) electrons. The molecule has 6 nitrogen and oxygen atoms in total. The van der Waals surface area contributed by atoms with E-state index in [-0.39, 0.29) is 10.7 Å². The molecule has 0 fully saturated rings. The molecule has 1 amide bonds. The monoisotopic (exact) mass is 366 g/mol. The number of amides is 1. The predicted octanol–water partition coefficient (Wildman–Crippen LogP) is 4.12. The van der Waals surface area contributed by atoms with Crippen LogP contribution in [0.5, 0.6) is 0 Å². The topological polar surface area (TPSA) is 77.0 Å². The van der Waals surface area contributed by atoms with Gasteiger partial charge in [-0.15, -0.1) is 0 Å². The molecule has 24 heavy (non-hydrogen) atoms. The van der Waals surface area contributed by atoms with E-state index in [1.54, 1.807) is 30.3 Å². The number of oxime groups is 1. The molecule has 0 aliphatic heterocycles. The molecule has 0 saturated carbocycles. The standard InChI is InChI=1S/C16H12Cl2N2O4/c1-23-15(21)14(10-5-3-2-4-6-10)20-24-16(22)19-11-7-8-12(17)13(18)9-11/h2-9H,1H3,(H,19,22)/b20-14+. The summed E-state index contributed by atoms with van der Waals surface area (Å²) in [6.07, 6.45) is -0.897. The third-order valence-electron chi connectivity index (χ3n) is 2.81. The first-order chi connectivity index (χ1) is 11.5. The smallest absolute Gasteiger partial charge is 0.437 e. The number of esters is 1. The van der Waals surface area contributed by atoms with Gasteiger partial charge in [-0.3, -0.25) is 10.2 Å². The van der Waals surface area contributed by atoms with Gasteiger partial charge in [-0.2, -0.15) is 0 Å². The minimum absolute atomic E-state index is 0.137. The molecule has 0 aromatic heterocycles. The fourth-order valence-corrected chi connectivity index (χ4v) is 2.00. The van der Waals surface area contributed by atoms with Crippen molar-refractivity contribution in [1.29, 1.82) is 0 Å². The number of nitrogens with zero attached hydrogens (tertiary/aromatic N) is 1. The zero-order chi connectivity index (χ0) is 17.5. The summed E-state index contributed by atoms with van der Waals surface area (Å²) in [4.78, 5) is 28.3. The molecule has 0 heterocycles. The van der Waals surface area contributed by atoms with Gasteiger partial charge in [-0.25, -0.2) is 9.59 Å². The molecular formula is C16H12Cl2N2O4. The molecule has 0 spiro atoms. The van der Waals surface area contributed by atoms with E-state index in [0.29, 0.717) is 16.3 Å². The van der Waals surface area contributed by atoms with Gasteiger partial charge in [-0.1, -0.05) is 58.7 Å². The Morgan fingerprint density at radius 1 is 1.04 bits per heavy atom. The lowest BCUT2D eigenvalue weighted by Gasteiger charge is -2.06. The van der Waals surface area contributed by atoms with Crippen LogP contribution in [0.2, 0.25) is 10.0 Å². The molecule has 8 heteroatoms. The number of ether oxygens (including phenoxy) is 1. The number of nitrogens with one attached hydrogen (secondary N) is 1. The third-order valence-corrected chi connectivity index (χ3v) is 3.55. The summed E-state index contributed by atoms with van der Waals surface area (Å²) in [7, 11) is 1.20. The Kier molecular flexibility index (Phi) is 6.17. The van der Waals surface area contributed by atoms with E-state index >= 15 is 0 Å². The summed E-state index contributed by atoms with van der Waals surface area (Å²) < 4.78 is 4.63. The van der Waals surface area contributed by atoms with Gasteiger partial charge in [0.25, 0.3) is 0 Å². The second-order valence-electron chi connectivity index (χ2n) is 4.43. The van der Waals surface area contributed by atoms with E-state index in [1.165, 1.54) is 25.3 Å². The molecule has 1 N–H and O–H groups in total. The Bertz CT molecular complexity index is 779. The highest BCUT2D eigenvalue weighted by Gasteiger charge is 2.16. The van der Waals surface area contributed by atoms with E-state index in [0.717, 1.165) is 0 Å².